The van der Waals surface area contributed by atoms with Crippen molar-refractivity contribution in [2.45, 2.75) is 38.1 Å². The molecule has 3 nitrogen and oxygen atoms in total. The normalized spacial score (nSPS) is 26.5. The number of nitrogens with one attached hydrogen (secondary N) is 1. The summed E-state index contributed by atoms with van der Waals surface area (Å²) in [5.74, 6) is 1.82. The lowest BCUT2D eigenvalue weighted by Gasteiger charge is -2.38. The third-order valence-corrected chi connectivity index (χ3v) is 6.84. The van der Waals surface area contributed by atoms with Gasteiger partial charge in [0.25, 0.3) is 5.91 Å². The zero-order valence-electron chi connectivity index (χ0n) is 16.5. The Morgan fingerprint density at radius 2 is 1.86 bits per heavy atom. The number of rotatable bonds is 2. The van der Waals surface area contributed by atoms with Gasteiger partial charge < -0.3 is 10.2 Å². The first-order chi connectivity index (χ1) is 13.7. The molecule has 0 saturated carbocycles. The summed E-state index contributed by atoms with van der Waals surface area (Å²) in [6.07, 6.45) is 7.97. The average molecular weight is 373 g/mol. The molecule has 3 aliphatic rings. The van der Waals surface area contributed by atoms with Crippen molar-refractivity contribution >= 4 is 11.6 Å². The number of carbonyl (C=O) groups excluding carboxylic acids is 1. The van der Waals surface area contributed by atoms with Gasteiger partial charge in [0.05, 0.1) is 6.04 Å². The van der Waals surface area contributed by atoms with Crippen molar-refractivity contribution in [3.8, 4) is 0 Å². The number of fused-ring (bicyclic) bond motifs is 3. The van der Waals surface area contributed by atoms with Crippen LogP contribution in [0.3, 0.4) is 0 Å². The molecule has 0 bridgehead atoms. The molecule has 2 aromatic rings. The summed E-state index contributed by atoms with van der Waals surface area (Å²) in [6, 6.07) is 17.3. The largest absolute Gasteiger partial charge is 0.378 e. The summed E-state index contributed by atoms with van der Waals surface area (Å²) in [4.78, 5) is 15.1. The van der Waals surface area contributed by atoms with Gasteiger partial charge in [0.1, 0.15) is 0 Å². The maximum absolute atomic E-state index is 13.1. The highest BCUT2D eigenvalue weighted by Crippen LogP contribution is 2.49. The van der Waals surface area contributed by atoms with E-state index in [0.717, 1.165) is 43.8 Å². The monoisotopic (exact) mass is 372 g/mol. The number of anilines is 1. The van der Waals surface area contributed by atoms with Crippen molar-refractivity contribution in [1.29, 1.82) is 0 Å². The molecule has 1 amide bonds. The molecule has 0 radical (unpaired) electrons. The van der Waals surface area contributed by atoms with Gasteiger partial charge in [-0.3, -0.25) is 4.79 Å². The molecule has 0 aromatic heterocycles. The lowest BCUT2D eigenvalue weighted by atomic mass is 9.76. The smallest absolute Gasteiger partial charge is 0.253 e. The Balaban J connectivity index is 1.44. The lowest BCUT2D eigenvalue weighted by Crippen LogP contribution is -2.38. The minimum Gasteiger partial charge on any atom is -0.378 e. The van der Waals surface area contributed by atoms with Crippen LogP contribution in [-0.2, 0) is 0 Å². The molecule has 1 aliphatic carbocycles. The summed E-state index contributed by atoms with van der Waals surface area (Å²) in [6.45, 7) is 4.05. The number of benzene rings is 2. The van der Waals surface area contributed by atoms with Crippen LogP contribution in [0.25, 0.3) is 0 Å². The molecular weight excluding hydrogens is 344 g/mol. The molecule has 3 unspecified atom stereocenters. The second kappa shape index (κ2) is 7.12. The number of nitrogens with zero attached hydrogens (tertiary/aromatic N) is 1. The van der Waals surface area contributed by atoms with E-state index in [-0.39, 0.29) is 5.91 Å². The molecule has 1 N–H and O–H groups in total. The Hall–Kier alpha value is -2.55. The number of hydrogen-bond donors (Lipinski definition) is 1. The Morgan fingerprint density at radius 3 is 2.64 bits per heavy atom. The second-order valence-corrected chi connectivity index (χ2v) is 8.66. The van der Waals surface area contributed by atoms with E-state index in [1.54, 1.807) is 0 Å². The van der Waals surface area contributed by atoms with Crippen molar-refractivity contribution in [2.75, 3.05) is 18.4 Å². The van der Waals surface area contributed by atoms with E-state index in [1.807, 2.05) is 11.0 Å². The lowest BCUT2D eigenvalue weighted by molar-refractivity contribution is 0.0697. The highest BCUT2D eigenvalue weighted by Gasteiger charge is 2.38. The van der Waals surface area contributed by atoms with Gasteiger partial charge in [-0.25, -0.2) is 0 Å². The van der Waals surface area contributed by atoms with Crippen LogP contribution in [0.2, 0.25) is 0 Å². The van der Waals surface area contributed by atoms with Gasteiger partial charge in [-0.15, -0.1) is 0 Å². The minimum atomic E-state index is 0.193. The molecule has 3 heteroatoms. The summed E-state index contributed by atoms with van der Waals surface area (Å²) in [5, 5.41) is 3.77. The first kappa shape index (κ1) is 17.5. The molecule has 2 aromatic carbocycles. The molecule has 2 heterocycles. The molecule has 144 valence electrons. The number of allylic oxidation sites excluding steroid dienone is 2. The van der Waals surface area contributed by atoms with E-state index < -0.39 is 0 Å². The fourth-order valence-electron chi connectivity index (χ4n) is 5.11. The van der Waals surface area contributed by atoms with Crippen LogP contribution in [0.1, 0.15) is 59.6 Å². The van der Waals surface area contributed by atoms with Crippen LogP contribution in [0.4, 0.5) is 5.69 Å². The second-order valence-electron chi connectivity index (χ2n) is 8.66. The SMILES string of the molecule is CC1CCN(C(=O)c2ccc3c(c2)C2C=CCC2C(c2ccccc2)N3)CC1. The standard InChI is InChI=1S/C25H28N2O/c1-17-12-14-27(15-13-17)25(28)19-10-11-23-22(16-19)20-8-5-9-21(20)24(26-23)18-6-3-2-4-7-18/h2-8,10-11,16-17,20-21,24,26H,9,12-15H2,1H3. The van der Waals surface area contributed by atoms with Gasteiger partial charge in [-0.05, 0) is 60.4 Å². The van der Waals surface area contributed by atoms with Gasteiger partial charge >= 0.3 is 0 Å². The molecule has 1 fully saturated rings. The molecule has 5 rings (SSSR count). The Kier molecular flexibility index (Phi) is 4.46. The maximum atomic E-state index is 13.1. The van der Waals surface area contributed by atoms with Gasteiger partial charge in [0.2, 0.25) is 0 Å². The van der Waals surface area contributed by atoms with Crippen LogP contribution in [-0.4, -0.2) is 23.9 Å². The Bertz CT molecular complexity index is 896. The predicted molar refractivity (Wildman–Crippen MR) is 114 cm³/mol. The van der Waals surface area contributed by atoms with E-state index in [9.17, 15) is 4.79 Å². The zero-order chi connectivity index (χ0) is 19.1. The number of likely N-dealkylation sites (tertiary alicyclic amines) is 1. The number of amides is 1. The van der Waals surface area contributed by atoms with Crippen LogP contribution in [0.5, 0.6) is 0 Å². The van der Waals surface area contributed by atoms with Crippen LogP contribution >= 0.6 is 0 Å². The molecule has 28 heavy (non-hydrogen) atoms. The molecular formula is C25H28N2O. The van der Waals surface area contributed by atoms with Crippen LogP contribution in [0.15, 0.2) is 60.7 Å². The minimum absolute atomic E-state index is 0.193. The molecule has 0 spiro atoms. The van der Waals surface area contributed by atoms with Gasteiger partial charge in [0, 0.05) is 30.3 Å². The van der Waals surface area contributed by atoms with Crippen molar-refractivity contribution in [1.82, 2.24) is 4.90 Å². The molecule has 3 atom stereocenters. The zero-order valence-corrected chi connectivity index (χ0v) is 16.5. The van der Waals surface area contributed by atoms with Crippen molar-refractivity contribution in [2.24, 2.45) is 11.8 Å². The first-order valence-corrected chi connectivity index (χ1v) is 10.6. The fraction of sp³-hybridized carbons (Fsp3) is 0.400. The predicted octanol–water partition coefficient (Wildman–Crippen LogP) is 5.39. The summed E-state index contributed by atoms with van der Waals surface area (Å²) in [7, 11) is 0. The Labute approximate surface area is 167 Å². The topological polar surface area (TPSA) is 32.3 Å². The average Bonchev–Trinajstić information content (AvgIpc) is 3.24. The van der Waals surface area contributed by atoms with E-state index in [4.69, 9.17) is 0 Å². The number of carbonyl (C=O) groups is 1. The van der Waals surface area contributed by atoms with E-state index in [1.165, 1.54) is 16.8 Å². The Morgan fingerprint density at radius 1 is 1.07 bits per heavy atom. The fourth-order valence-corrected chi connectivity index (χ4v) is 5.11. The van der Waals surface area contributed by atoms with E-state index >= 15 is 0 Å². The van der Waals surface area contributed by atoms with Crippen molar-refractivity contribution < 1.29 is 4.79 Å². The summed E-state index contributed by atoms with van der Waals surface area (Å²) in [5.41, 5.74) is 4.63. The van der Waals surface area contributed by atoms with Crippen molar-refractivity contribution in [3.63, 3.8) is 0 Å². The van der Waals surface area contributed by atoms with Crippen molar-refractivity contribution in [3.05, 3.63) is 77.4 Å². The summed E-state index contributed by atoms with van der Waals surface area (Å²) < 4.78 is 0. The number of hydrogen-bond acceptors (Lipinski definition) is 2. The maximum Gasteiger partial charge on any atom is 0.253 e. The van der Waals surface area contributed by atoms with Gasteiger partial charge in [-0.1, -0.05) is 49.4 Å². The third-order valence-electron chi connectivity index (χ3n) is 6.84. The summed E-state index contributed by atoms with van der Waals surface area (Å²) >= 11 is 0. The van der Waals surface area contributed by atoms with E-state index in [2.05, 4.69) is 66.9 Å². The highest BCUT2D eigenvalue weighted by atomic mass is 16.2. The van der Waals surface area contributed by atoms with Gasteiger partial charge in [0.15, 0.2) is 0 Å². The van der Waals surface area contributed by atoms with Crippen LogP contribution < -0.4 is 5.32 Å². The molecule has 1 saturated heterocycles. The quantitative estimate of drug-likeness (QED) is 0.717. The number of piperidine rings is 1. The first-order valence-electron chi connectivity index (χ1n) is 10.6. The third kappa shape index (κ3) is 3.03. The van der Waals surface area contributed by atoms with Gasteiger partial charge in [-0.2, -0.15) is 0 Å². The highest BCUT2D eigenvalue weighted by molar-refractivity contribution is 5.95. The van der Waals surface area contributed by atoms with E-state index in [0.29, 0.717) is 17.9 Å². The molecule has 2 aliphatic heterocycles. The van der Waals surface area contributed by atoms with Crippen LogP contribution in [0, 0.1) is 11.8 Å².